The summed E-state index contributed by atoms with van der Waals surface area (Å²) in [5.41, 5.74) is -0.202. The number of esters is 1. The van der Waals surface area contributed by atoms with Crippen LogP contribution in [0.15, 0.2) is 57.8 Å². The quantitative estimate of drug-likeness (QED) is 0.229. The van der Waals surface area contributed by atoms with Gasteiger partial charge in [0.1, 0.15) is 9.90 Å². The molecule has 4 rings (SSSR count). The van der Waals surface area contributed by atoms with Crippen LogP contribution in [-0.4, -0.2) is 54.8 Å². The largest absolute Gasteiger partial charge is 0.452 e. The zero-order valence-corrected chi connectivity index (χ0v) is 21.1. The van der Waals surface area contributed by atoms with Crippen molar-refractivity contribution in [2.24, 2.45) is 0 Å². The monoisotopic (exact) mass is 561 g/mol. The van der Waals surface area contributed by atoms with Gasteiger partial charge >= 0.3 is 5.97 Å². The zero-order chi connectivity index (χ0) is 27.4. The van der Waals surface area contributed by atoms with E-state index in [2.05, 4.69) is 10.3 Å². The van der Waals surface area contributed by atoms with Crippen LogP contribution in [0.4, 0.5) is 22.2 Å². The van der Waals surface area contributed by atoms with E-state index in [-0.39, 0.29) is 31.2 Å². The fourth-order valence-electron chi connectivity index (χ4n) is 3.70. The molecule has 0 aliphatic carbocycles. The highest BCUT2D eigenvalue weighted by Crippen LogP contribution is 2.32. The summed E-state index contributed by atoms with van der Waals surface area (Å²) in [7, 11) is -4.04. The number of carbonyl (C=O) groups is 2. The number of amides is 1. The fraction of sp³-hybridized carbons (Fsp3) is 0.227. The molecule has 1 amide bonds. The van der Waals surface area contributed by atoms with Gasteiger partial charge in [0.05, 0.1) is 26.5 Å². The molecule has 2 heterocycles. The lowest BCUT2D eigenvalue weighted by atomic mass is 10.1. The Labute approximate surface area is 219 Å². The lowest BCUT2D eigenvalue weighted by Crippen LogP contribution is -2.21. The van der Waals surface area contributed by atoms with Crippen LogP contribution < -0.4 is 10.2 Å². The van der Waals surface area contributed by atoms with Crippen molar-refractivity contribution in [1.29, 1.82) is 0 Å². The summed E-state index contributed by atoms with van der Waals surface area (Å²) in [6, 6.07) is 8.25. The molecule has 38 heavy (non-hydrogen) atoms. The van der Waals surface area contributed by atoms with Crippen molar-refractivity contribution in [1.82, 2.24) is 4.98 Å². The van der Waals surface area contributed by atoms with Gasteiger partial charge in [-0.25, -0.2) is 18.2 Å². The molecule has 0 spiro atoms. The number of sulfone groups is 1. The van der Waals surface area contributed by atoms with E-state index in [1.807, 2.05) is 4.90 Å². The molecule has 14 nitrogen and oxygen atoms in total. The summed E-state index contributed by atoms with van der Waals surface area (Å²) in [5, 5.41) is 24.5. The zero-order valence-electron chi connectivity index (χ0n) is 19.4. The number of nitrogens with one attached hydrogen (secondary N) is 1. The molecule has 16 heteroatoms. The fourth-order valence-corrected chi connectivity index (χ4v) is 6.15. The molecule has 0 saturated carbocycles. The molecule has 0 radical (unpaired) electrons. The second-order valence-corrected chi connectivity index (χ2v) is 11.2. The maximum atomic E-state index is 12.7. The Bertz CT molecular complexity index is 1510. The van der Waals surface area contributed by atoms with Gasteiger partial charge in [-0.15, -0.1) is 0 Å². The van der Waals surface area contributed by atoms with Gasteiger partial charge in [-0.05, 0) is 37.1 Å². The van der Waals surface area contributed by atoms with E-state index in [0.717, 1.165) is 49.4 Å². The first-order valence-corrected chi connectivity index (χ1v) is 13.3. The first kappa shape index (κ1) is 26.6. The maximum absolute atomic E-state index is 12.7. The number of nitro benzene ring substituents is 2. The number of thiazole rings is 1. The summed E-state index contributed by atoms with van der Waals surface area (Å²) in [4.78, 5) is 51.2. The highest BCUT2D eigenvalue weighted by atomic mass is 32.2. The molecular formula is C22H19N5O9S2. The third-order valence-electron chi connectivity index (χ3n) is 5.54. The number of anilines is 2. The van der Waals surface area contributed by atoms with Crippen LogP contribution in [0.25, 0.3) is 0 Å². The van der Waals surface area contributed by atoms with Crippen LogP contribution in [0, 0.1) is 20.2 Å². The third kappa shape index (κ3) is 5.76. The summed E-state index contributed by atoms with van der Waals surface area (Å²) in [6.07, 6.45) is 2.85. The van der Waals surface area contributed by atoms with E-state index in [4.69, 9.17) is 4.74 Å². The van der Waals surface area contributed by atoms with Crippen molar-refractivity contribution < 1.29 is 32.6 Å². The van der Waals surface area contributed by atoms with E-state index in [9.17, 15) is 38.2 Å². The van der Waals surface area contributed by atoms with E-state index >= 15 is 0 Å². The number of nitro groups is 2. The first-order valence-electron chi connectivity index (χ1n) is 11.0. The van der Waals surface area contributed by atoms with Crippen LogP contribution in [-0.2, 0) is 19.4 Å². The highest BCUT2D eigenvalue weighted by molar-refractivity contribution is 7.93. The molecule has 1 saturated heterocycles. The molecule has 1 aromatic heterocycles. The average Bonchev–Trinajstić information content (AvgIpc) is 3.60. The van der Waals surface area contributed by atoms with Crippen molar-refractivity contribution in [3.8, 4) is 0 Å². The number of carbonyl (C=O) groups excluding carboxylic acids is 2. The van der Waals surface area contributed by atoms with Crippen LogP contribution in [0.5, 0.6) is 0 Å². The Kier molecular flexibility index (Phi) is 7.63. The Morgan fingerprint density at radius 1 is 1.05 bits per heavy atom. The van der Waals surface area contributed by atoms with Crippen molar-refractivity contribution in [2.75, 3.05) is 29.9 Å². The van der Waals surface area contributed by atoms with Gasteiger partial charge in [0, 0.05) is 31.3 Å². The Morgan fingerprint density at radius 2 is 1.74 bits per heavy atom. The minimum Gasteiger partial charge on any atom is -0.452 e. The maximum Gasteiger partial charge on any atom is 0.338 e. The predicted molar refractivity (Wildman–Crippen MR) is 134 cm³/mol. The number of aromatic nitrogens is 1. The topological polar surface area (TPSA) is 192 Å². The van der Waals surface area contributed by atoms with Gasteiger partial charge in [0.25, 0.3) is 17.3 Å². The smallest absolute Gasteiger partial charge is 0.338 e. The summed E-state index contributed by atoms with van der Waals surface area (Å²) in [5.74, 6) is -1.76. The van der Waals surface area contributed by atoms with E-state index in [1.165, 1.54) is 12.1 Å². The summed E-state index contributed by atoms with van der Waals surface area (Å²) in [6.45, 7) is 0.613. The van der Waals surface area contributed by atoms with Crippen molar-refractivity contribution >= 4 is 55.2 Å². The van der Waals surface area contributed by atoms with Crippen molar-refractivity contribution in [3.05, 3.63) is 74.5 Å². The first-order chi connectivity index (χ1) is 18.1. The van der Waals surface area contributed by atoms with E-state index < -0.39 is 38.2 Å². The third-order valence-corrected chi connectivity index (χ3v) is 8.69. The summed E-state index contributed by atoms with van der Waals surface area (Å²) >= 11 is 0.638. The normalized spacial score (nSPS) is 13.2. The molecule has 1 fully saturated rings. The van der Waals surface area contributed by atoms with Crippen molar-refractivity contribution in [3.63, 3.8) is 0 Å². The molecule has 198 valence electrons. The number of hydrogen-bond donors (Lipinski definition) is 1. The number of nitrogens with zero attached hydrogens (tertiary/aromatic N) is 4. The lowest BCUT2D eigenvalue weighted by Gasteiger charge is -2.17. The van der Waals surface area contributed by atoms with Gasteiger partial charge in [0.2, 0.25) is 9.84 Å². The minimum atomic E-state index is -4.04. The second kappa shape index (κ2) is 10.9. The molecular weight excluding hydrogens is 542 g/mol. The lowest BCUT2D eigenvalue weighted by molar-refractivity contribution is -0.384. The Morgan fingerprint density at radius 3 is 2.37 bits per heavy atom. The molecule has 0 atom stereocenters. The van der Waals surface area contributed by atoms with Crippen LogP contribution >= 0.6 is 11.3 Å². The average molecular weight is 562 g/mol. The standard InChI is InChI=1S/C22H19N5O9S2/c28-19(13-36-21(29)14-3-8-17(18(11-14)27(32)33)25-9-1-2-10-25)24-22-23-12-20(37-22)38(34,35)16-6-4-15(5-7-16)26(30)31/h3-8,11-12H,1-2,9-10,13H2,(H,23,24,28). The van der Waals surface area contributed by atoms with Crippen LogP contribution in [0.2, 0.25) is 0 Å². The molecule has 2 aromatic carbocycles. The van der Waals surface area contributed by atoms with Gasteiger partial charge < -0.3 is 9.64 Å². The van der Waals surface area contributed by atoms with Crippen molar-refractivity contribution in [2.45, 2.75) is 21.9 Å². The molecule has 1 aliphatic rings. The van der Waals surface area contributed by atoms with E-state index in [0.29, 0.717) is 30.1 Å². The number of benzene rings is 2. The van der Waals surface area contributed by atoms with Gasteiger partial charge in [-0.1, -0.05) is 11.3 Å². The van der Waals surface area contributed by atoms with Crippen LogP contribution in [0.3, 0.4) is 0 Å². The number of ether oxygens (including phenoxy) is 1. The molecule has 0 bridgehead atoms. The number of hydrogen-bond acceptors (Lipinski definition) is 12. The molecule has 0 unspecified atom stereocenters. The highest BCUT2D eigenvalue weighted by Gasteiger charge is 2.25. The number of non-ortho nitro benzene ring substituents is 1. The molecule has 1 aliphatic heterocycles. The van der Waals surface area contributed by atoms with Crippen LogP contribution in [0.1, 0.15) is 23.2 Å². The molecule has 3 aromatic rings. The predicted octanol–water partition coefficient (Wildman–Crippen LogP) is 3.19. The van der Waals surface area contributed by atoms with Gasteiger partial charge in [-0.2, -0.15) is 0 Å². The minimum absolute atomic E-state index is 0.0860. The Hall–Kier alpha value is -4.44. The van der Waals surface area contributed by atoms with Gasteiger partial charge in [-0.3, -0.25) is 30.3 Å². The second-order valence-electron chi connectivity index (χ2n) is 8.02. The number of rotatable bonds is 9. The van der Waals surface area contributed by atoms with E-state index in [1.54, 1.807) is 0 Å². The molecule has 1 N–H and O–H groups in total. The van der Waals surface area contributed by atoms with Gasteiger partial charge in [0.15, 0.2) is 11.7 Å². The Balaban J connectivity index is 1.37. The SMILES string of the molecule is O=C(COC(=O)c1ccc(N2CCCC2)c([N+](=O)[O-])c1)Nc1ncc(S(=O)(=O)c2ccc([N+](=O)[O-])cc2)s1. The summed E-state index contributed by atoms with van der Waals surface area (Å²) < 4.78 is 30.2.